The molecule has 0 saturated carbocycles. The average molecular weight is 318 g/mol. The van der Waals surface area contributed by atoms with Crippen molar-refractivity contribution in [1.29, 1.82) is 0 Å². The van der Waals surface area contributed by atoms with Crippen molar-refractivity contribution in [2.24, 2.45) is 5.41 Å². The standard InChI is InChI=1S/C19H30N2O2/c1-4-17(18(22)23)20(3)15-19(2)10-12-21(13-11-19)14-16-8-6-5-7-9-16/h5-9,17H,4,10-15H2,1-3H3,(H,22,23)/t17-/m0/s1. The number of piperidine rings is 1. The van der Waals surface area contributed by atoms with Crippen LogP contribution in [0, 0.1) is 5.41 Å². The Labute approximate surface area is 140 Å². The average Bonchev–Trinajstić information content (AvgIpc) is 2.51. The maximum absolute atomic E-state index is 11.3. The van der Waals surface area contributed by atoms with E-state index in [0.29, 0.717) is 6.42 Å². The molecule has 23 heavy (non-hydrogen) atoms. The third-order valence-electron chi connectivity index (χ3n) is 5.15. The van der Waals surface area contributed by atoms with Crippen LogP contribution in [-0.2, 0) is 11.3 Å². The van der Waals surface area contributed by atoms with E-state index in [9.17, 15) is 9.90 Å². The summed E-state index contributed by atoms with van der Waals surface area (Å²) in [6.07, 6.45) is 2.91. The Bertz CT molecular complexity index is 495. The minimum atomic E-state index is -0.708. The lowest BCUT2D eigenvalue weighted by Crippen LogP contribution is -2.47. The SMILES string of the molecule is CC[C@@H](C(=O)O)N(C)CC1(C)CCN(Cc2ccccc2)CC1. The maximum atomic E-state index is 11.3. The Kier molecular flexibility index (Phi) is 6.19. The molecule has 1 atom stereocenters. The number of carbonyl (C=O) groups is 1. The van der Waals surface area contributed by atoms with Crippen molar-refractivity contribution < 1.29 is 9.90 Å². The van der Waals surface area contributed by atoms with Gasteiger partial charge in [0.15, 0.2) is 0 Å². The summed E-state index contributed by atoms with van der Waals surface area (Å²) in [5.74, 6) is -0.708. The van der Waals surface area contributed by atoms with Gasteiger partial charge in [-0.3, -0.25) is 14.6 Å². The summed E-state index contributed by atoms with van der Waals surface area (Å²) in [5.41, 5.74) is 1.58. The summed E-state index contributed by atoms with van der Waals surface area (Å²) in [6, 6.07) is 10.2. The Morgan fingerprint density at radius 3 is 2.43 bits per heavy atom. The van der Waals surface area contributed by atoms with Crippen molar-refractivity contribution in [1.82, 2.24) is 9.80 Å². The lowest BCUT2D eigenvalue weighted by Gasteiger charge is -2.42. The van der Waals surface area contributed by atoms with E-state index in [2.05, 4.69) is 42.2 Å². The summed E-state index contributed by atoms with van der Waals surface area (Å²) < 4.78 is 0. The fraction of sp³-hybridized carbons (Fsp3) is 0.632. The molecule has 1 aromatic carbocycles. The van der Waals surface area contributed by atoms with Gasteiger partial charge in [-0.15, -0.1) is 0 Å². The summed E-state index contributed by atoms with van der Waals surface area (Å²) in [7, 11) is 1.95. The first-order valence-electron chi connectivity index (χ1n) is 8.63. The van der Waals surface area contributed by atoms with E-state index < -0.39 is 5.97 Å². The van der Waals surface area contributed by atoms with Gasteiger partial charge in [0.2, 0.25) is 0 Å². The zero-order valence-electron chi connectivity index (χ0n) is 14.7. The molecule has 0 amide bonds. The summed E-state index contributed by atoms with van der Waals surface area (Å²) in [5, 5.41) is 9.31. The fourth-order valence-corrected chi connectivity index (χ4v) is 3.64. The first-order valence-corrected chi connectivity index (χ1v) is 8.63. The third-order valence-corrected chi connectivity index (χ3v) is 5.15. The topological polar surface area (TPSA) is 43.8 Å². The molecule has 0 bridgehead atoms. The molecule has 1 aromatic rings. The van der Waals surface area contributed by atoms with Crippen molar-refractivity contribution in [3.63, 3.8) is 0 Å². The number of likely N-dealkylation sites (tertiary alicyclic amines) is 1. The van der Waals surface area contributed by atoms with Crippen LogP contribution in [0.15, 0.2) is 30.3 Å². The second-order valence-electron chi connectivity index (χ2n) is 7.25. The van der Waals surface area contributed by atoms with E-state index in [1.165, 1.54) is 5.56 Å². The lowest BCUT2D eigenvalue weighted by molar-refractivity contribution is -0.143. The van der Waals surface area contributed by atoms with E-state index in [1.54, 1.807) is 0 Å². The number of carboxylic acid groups (broad SMARTS) is 1. The van der Waals surface area contributed by atoms with Gasteiger partial charge in [-0.25, -0.2) is 0 Å². The van der Waals surface area contributed by atoms with Gasteiger partial charge in [0.1, 0.15) is 6.04 Å². The number of carboxylic acids is 1. The fourth-order valence-electron chi connectivity index (χ4n) is 3.64. The molecule has 1 fully saturated rings. The van der Waals surface area contributed by atoms with Gasteiger partial charge in [-0.05, 0) is 50.4 Å². The Morgan fingerprint density at radius 2 is 1.91 bits per heavy atom. The summed E-state index contributed by atoms with van der Waals surface area (Å²) >= 11 is 0. The molecular weight excluding hydrogens is 288 g/mol. The van der Waals surface area contributed by atoms with Gasteiger partial charge < -0.3 is 5.11 Å². The number of hydrogen-bond acceptors (Lipinski definition) is 3. The molecule has 2 rings (SSSR count). The van der Waals surface area contributed by atoms with Crippen LogP contribution in [0.1, 0.15) is 38.7 Å². The van der Waals surface area contributed by atoms with Crippen molar-refractivity contribution >= 4 is 5.97 Å². The lowest BCUT2D eigenvalue weighted by atomic mass is 9.79. The van der Waals surface area contributed by atoms with Gasteiger partial charge >= 0.3 is 5.97 Å². The van der Waals surface area contributed by atoms with E-state index >= 15 is 0 Å². The Balaban J connectivity index is 1.85. The number of rotatable bonds is 7. The van der Waals surface area contributed by atoms with Crippen molar-refractivity contribution in [3.05, 3.63) is 35.9 Å². The molecular formula is C19H30N2O2. The van der Waals surface area contributed by atoms with Gasteiger partial charge in [0.05, 0.1) is 0 Å². The molecule has 128 valence electrons. The molecule has 0 aliphatic carbocycles. The molecule has 1 saturated heterocycles. The summed E-state index contributed by atoms with van der Waals surface area (Å²) in [6.45, 7) is 8.29. The number of aliphatic carboxylic acids is 1. The van der Waals surface area contributed by atoms with E-state index in [0.717, 1.165) is 39.0 Å². The minimum absolute atomic E-state index is 0.213. The molecule has 0 spiro atoms. The predicted molar refractivity (Wildman–Crippen MR) is 93.4 cm³/mol. The molecule has 1 aliphatic heterocycles. The quantitative estimate of drug-likeness (QED) is 0.839. The van der Waals surface area contributed by atoms with Crippen LogP contribution in [0.5, 0.6) is 0 Å². The highest BCUT2D eigenvalue weighted by molar-refractivity contribution is 5.73. The van der Waals surface area contributed by atoms with E-state index in [1.807, 2.05) is 18.9 Å². The molecule has 1 N–H and O–H groups in total. The maximum Gasteiger partial charge on any atom is 0.320 e. The largest absolute Gasteiger partial charge is 0.480 e. The van der Waals surface area contributed by atoms with E-state index in [-0.39, 0.29) is 11.5 Å². The minimum Gasteiger partial charge on any atom is -0.480 e. The number of hydrogen-bond donors (Lipinski definition) is 1. The van der Waals surface area contributed by atoms with Crippen LogP contribution in [0.3, 0.4) is 0 Å². The highest BCUT2D eigenvalue weighted by atomic mass is 16.4. The number of likely N-dealkylation sites (N-methyl/N-ethyl adjacent to an activating group) is 1. The van der Waals surface area contributed by atoms with Crippen LogP contribution in [0.25, 0.3) is 0 Å². The Hall–Kier alpha value is -1.39. The van der Waals surface area contributed by atoms with Gasteiger partial charge in [0.25, 0.3) is 0 Å². The molecule has 0 aromatic heterocycles. The highest BCUT2D eigenvalue weighted by Crippen LogP contribution is 2.32. The van der Waals surface area contributed by atoms with Gasteiger partial charge in [-0.1, -0.05) is 44.2 Å². The zero-order chi connectivity index (χ0) is 16.9. The first kappa shape index (κ1) is 18.0. The van der Waals surface area contributed by atoms with Gasteiger partial charge in [-0.2, -0.15) is 0 Å². The highest BCUT2D eigenvalue weighted by Gasteiger charge is 2.33. The Morgan fingerprint density at radius 1 is 1.30 bits per heavy atom. The van der Waals surface area contributed by atoms with Crippen LogP contribution < -0.4 is 0 Å². The summed E-state index contributed by atoms with van der Waals surface area (Å²) in [4.78, 5) is 15.9. The second-order valence-corrected chi connectivity index (χ2v) is 7.25. The number of nitrogens with zero attached hydrogens (tertiary/aromatic N) is 2. The van der Waals surface area contributed by atoms with E-state index in [4.69, 9.17) is 0 Å². The van der Waals surface area contributed by atoms with Crippen molar-refractivity contribution in [3.8, 4) is 0 Å². The number of benzene rings is 1. The first-order chi connectivity index (χ1) is 10.9. The van der Waals surface area contributed by atoms with Crippen LogP contribution in [0.4, 0.5) is 0 Å². The smallest absolute Gasteiger partial charge is 0.320 e. The molecule has 4 heteroatoms. The van der Waals surface area contributed by atoms with Crippen LogP contribution in [-0.4, -0.2) is 53.6 Å². The van der Waals surface area contributed by atoms with Crippen LogP contribution >= 0.6 is 0 Å². The van der Waals surface area contributed by atoms with Crippen molar-refractivity contribution in [2.45, 2.75) is 45.7 Å². The van der Waals surface area contributed by atoms with Crippen molar-refractivity contribution in [2.75, 3.05) is 26.7 Å². The molecule has 1 heterocycles. The van der Waals surface area contributed by atoms with Gasteiger partial charge in [0, 0.05) is 13.1 Å². The zero-order valence-corrected chi connectivity index (χ0v) is 14.7. The molecule has 1 aliphatic rings. The normalized spacial score (nSPS) is 19.7. The second kappa shape index (κ2) is 7.93. The third kappa shape index (κ3) is 5.05. The van der Waals surface area contributed by atoms with Crippen LogP contribution in [0.2, 0.25) is 0 Å². The predicted octanol–water partition coefficient (Wildman–Crippen LogP) is 3.08. The monoisotopic (exact) mass is 318 g/mol. The molecule has 0 unspecified atom stereocenters. The molecule has 0 radical (unpaired) electrons. The molecule has 4 nitrogen and oxygen atoms in total.